The third-order valence-corrected chi connectivity index (χ3v) is 37.3. The van der Waals surface area contributed by atoms with Crippen LogP contribution in [-0.4, -0.2) is 120 Å². The zero-order valence-corrected chi connectivity index (χ0v) is 66.0. The van der Waals surface area contributed by atoms with Crippen LogP contribution in [0.2, 0.25) is 0 Å². The molecule has 1 saturated heterocycles. The van der Waals surface area contributed by atoms with Gasteiger partial charge in [0.2, 0.25) is 0 Å². The molecule has 5 aromatic carbocycles. The molecule has 2 spiro atoms. The standard InChI is InChI=1S/C73H81N3O7S12/c1-66(2)84-50-44(43(45-52-58(92-68(5,6)86-52)48(64(79)82-13)59-53(45)87-69(7,8)93-59)46-54-60(94-70(9,10)88-54)49(65(80)83-14)61-55(46)89-71(11,12)95-61)51-57(91-67(3,4)85-51)47(56(50)90-66)63(78)75-35-33-74(34-36-75)62(77)42-37-72(29-25-40(26-30-72)38-21-17-15-18-22-38)76(81)73(42)31-27-41(28-32-73)39-23-19-16-20-24-39/h15-24,37,40-41,43,81H,25-36H2,1-14H3. The first kappa shape index (κ1) is 68.6. The smallest absolute Gasteiger partial charge is 0.340 e. The molecular weight excluding hydrogens is 1420 g/mol. The number of piperazine rings is 1. The van der Waals surface area contributed by atoms with Crippen LogP contribution in [0.1, 0.15) is 211 Å². The topological polar surface area (TPSA) is 117 Å². The molecule has 8 heterocycles. The monoisotopic (exact) mass is 1500 g/mol. The number of esters is 2. The molecule has 10 aliphatic rings. The van der Waals surface area contributed by atoms with E-state index in [4.69, 9.17) is 9.47 Å². The van der Waals surface area contributed by atoms with Gasteiger partial charge in [0.15, 0.2) is 0 Å². The number of nitrogens with zero attached hydrogens (tertiary/aromatic N) is 3. The van der Waals surface area contributed by atoms with E-state index in [-0.39, 0.29) is 48.2 Å². The van der Waals surface area contributed by atoms with Crippen LogP contribution >= 0.6 is 141 Å². The average molecular weight is 1500 g/mol. The third kappa shape index (κ3) is 11.8. The summed E-state index contributed by atoms with van der Waals surface area (Å²) in [7, 11) is 2.99. The maximum Gasteiger partial charge on any atom is 0.340 e. The van der Waals surface area contributed by atoms with Gasteiger partial charge in [-0.25, -0.2) is 9.59 Å². The van der Waals surface area contributed by atoms with Crippen molar-refractivity contribution in [2.45, 2.75) is 247 Å². The lowest BCUT2D eigenvalue weighted by Gasteiger charge is -2.49. The second kappa shape index (κ2) is 24.5. The van der Waals surface area contributed by atoms with Gasteiger partial charge in [-0.15, -0.1) is 141 Å². The molecule has 15 rings (SSSR count). The van der Waals surface area contributed by atoms with E-state index in [0.29, 0.717) is 62.0 Å². The number of carbonyl (C=O) groups excluding carboxylic acids is 4. The first-order valence-electron chi connectivity index (χ1n) is 32.9. The molecule has 0 radical (unpaired) electrons. The van der Waals surface area contributed by atoms with Crippen LogP contribution in [0.3, 0.4) is 0 Å². The Bertz CT molecular complexity index is 3880. The predicted octanol–water partition coefficient (Wildman–Crippen LogP) is 21.2. The van der Waals surface area contributed by atoms with Crippen LogP contribution in [0.25, 0.3) is 0 Å². The molecule has 2 amide bonds. The minimum Gasteiger partial charge on any atom is -0.465 e. The molecule has 22 heteroatoms. The quantitative estimate of drug-likeness (QED) is 0.111. The summed E-state index contributed by atoms with van der Waals surface area (Å²) in [6.45, 7) is 28.7. The van der Waals surface area contributed by atoms with E-state index in [0.717, 1.165) is 108 Å². The fourth-order valence-corrected chi connectivity index (χ4v) is 34.0. The molecule has 3 fully saturated rings. The van der Waals surface area contributed by atoms with Crippen molar-refractivity contribution in [1.82, 2.24) is 14.9 Å². The number of rotatable bonds is 9. The summed E-state index contributed by atoms with van der Waals surface area (Å²) in [6, 6.07) is 21.5. The van der Waals surface area contributed by atoms with Gasteiger partial charge in [0, 0.05) is 96.4 Å². The zero-order valence-electron chi connectivity index (χ0n) is 56.2. The molecule has 0 unspecified atom stereocenters. The van der Waals surface area contributed by atoms with Gasteiger partial charge in [-0.05, 0) is 174 Å². The van der Waals surface area contributed by atoms with Crippen LogP contribution in [-0.2, 0) is 14.3 Å². The highest BCUT2D eigenvalue weighted by molar-refractivity contribution is 8.23. The Morgan fingerprint density at radius 3 is 1.01 bits per heavy atom. The van der Waals surface area contributed by atoms with Crippen molar-refractivity contribution < 1.29 is 33.9 Å². The van der Waals surface area contributed by atoms with Gasteiger partial charge in [-0.1, -0.05) is 66.7 Å². The summed E-state index contributed by atoms with van der Waals surface area (Å²) in [5, 5.41) is 14.6. The maximum absolute atomic E-state index is 16.4. The second-order valence-corrected chi connectivity index (χ2v) is 50.5. The van der Waals surface area contributed by atoms with Crippen molar-refractivity contribution in [3.8, 4) is 0 Å². The number of fused-ring (bicyclic) bond motifs is 6. The van der Waals surface area contributed by atoms with Crippen LogP contribution in [0.5, 0.6) is 0 Å². The highest BCUT2D eigenvalue weighted by atomic mass is 32.2. The Balaban J connectivity index is 0.859. The summed E-state index contributed by atoms with van der Waals surface area (Å²) < 4.78 is 9.43. The van der Waals surface area contributed by atoms with Crippen LogP contribution in [0.15, 0.2) is 131 Å². The lowest BCUT2D eigenvalue weighted by atomic mass is 9.71. The molecule has 502 valence electrons. The van der Waals surface area contributed by atoms with Gasteiger partial charge in [-0.2, -0.15) is 5.06 Å². The van der Waals surface area contributed by atoms with Gasteiger partial charge in [0.05, 0.1) is 66.5 Å². The van der Waals surface area contributed by atoms with Crippen molar-refractivity contribution in [2.24, 2.45) is 0 Å². The maximum atomic E-state index is 16.4. The number of methoxy groups -OCH3 is 2. The van der Waals surface area contributed by atoms with E-state index in [1.807, 2.05) is 80.4 Å². The zero-order chi connectivity index (χ0) is 67.1. The van der Waals surface area contributed by atoms with E-state index in [1.165, 1.54) is 42.0 Å². The summed E-state index contributed by atoms with van der Waals surface area (Å²) in [6.07, 6.45) is 8.77. The number of benzene rings is 5. The number of ether oxygens (including phenoxy) is 2. The Morgan fingerprint density at radius 1 is 0.411 bits per heavy atom. The largest absolute Gasteiger partial charge is 0.465 e. The SMILES string of the molecule is COC(=O)c1c2c(c(C(c3c4c(c(C(=O)OC)c5c3SC(C)(C)S5)SC(C)(C)S4)c3c4c(c(C(=O)N5CCN(C(=O)C6=CC7(CCC(c8ccccc8)CC7)N(O)C67CCC(c6ccccc6)CC7)CC5)c5c3SC(C)(C)S5)SC(C)(C)S4)c3c1SC(C)(C)S3)SC(C)(C)S2. The highest BCUT2D eigenvalue weighted by Crippen LogP contribution is 2.75. The van der Waals surface area contributed by atoms with E-state index < -0.39 is 17.0 Å². The molecule has 10 nitrogen and oxygen atoms in total. The summed E-state index contributed by atoms with van der Waals surface area (Å²) in [5.41, 5.74) is 7.57. The molecule has 8 aliphatic heterocycles. The minimum atomic E-state index is -0.797. The van der Waals surface area contributed by atoms with E-state index in [9.17, 15) is 14.8 Å². The molecule has 5 aromatic rings. The van der Waals surface area contributed by atoms with E-state index in [1.54, 1.807) is 75.6 Å². The van der Waals surface area contributed by atoms with Gasteiger partial charge in [0.25, 0.3) is 11.8 Å². The van der Waals surface area contributed by atoms with Gasteiger partial charge >= 0.3 is 11.9 Å². The number of hydrogen-bond donors (Lipinski definition) is 1. The lowest BCUT2D eigenvalue weighted by Crippen LogP contribution is -2.58. The number of thioether (sulfide) groups is 12. The fourth-order valence-electron chi connectivity index (χ4n) is 16.2. The molecular formula is C73H81N3O7S12. The van der Waals surface area contributed by atoms with Crippen molar-refractivity contribution in [2.75, 3.05) is 40.4 Å². The first-order chi connectivity index (χ1) is 44.9. The number of hydroxylamine groups is 2. The molecule has 0 atom stereocenters. The van der Waals surface area contributed by atoms with Crippen molar-refractivity contribution in [3.05, 3.63) is 117 Å². The second-order valence-electron chi connectivity index (χ2n) is 29.3. The van der Waals surface area contributed by atoms with Gasteiger partial charge in [0.1, 0.15) is 0 Å². The summed E-state index contributed by atoms with van der Waals surface area (Å²) in [5.74, 6) is -0.341. The number of carbonyl (C=O) groups is 4. The minimum absolute atomic E-state index is 0.00556. The molecule has 95 heavy (non-hydrogen) atoms. The number of hydrogen-bond acceptors (Lipinski definition) is 20. The Labute approximate surface area is 611 Å². The Hall–Kier alpha value is -2.16. The van der Waals surface area contributed by atoms with E-state index in [2.05, 4.69) is 150 Å². The van der Waals surface area contributed by atoms with Gasteiger partial charge in [-0.3, -0.25) is 9.59 Å². The molecule has 1 N–H and O–H groups in total. The normalized spacial score (nSPS) is 26.7. The van der Waals surface area contributed by atoms with Crippen LogP contribution in [0, 0.1) is 0 Å². The molecule has 2 saturated carbocycles. The third-order valence-electron chi connectivity index (χ3n) is 20.1. The van der Waals surface area contributed by atoms with Crippen molar-refractivity contribution >= 4 is 165 Å². The molecule has 0 aromatic heterocycles. The highest BCUT2D eigenvalue weighted by Gasteiger charge is 2.60. The fraction of sp³-hybridized carbons (Fsp3) is 0.507. The Kier molecular flexibility index (Phi) is 17.7. The first-order valence-corrected chi connectivity index (χ1v) is 42.7. The predicted molar refractivity (Wildman–Crippen MR) is 403 cm³/mol. The van der Waals surface area contributed by atoms with Crippen LogP contribution in [0.4, 0.5) is 0 Å². The van der Waals surface area contributed by atoms with Crippen molar-refractivity contribution in [3.63, 3.8) is 0 Å². The van der Waals surface area contributed by atoms with Crippen LogP contribution < -0.4 is 0 Å². The average Bonchev–Trinajstić information content (AvgIpc) is 1.59. The van der Waals surface area contributed by atoms with Crippen molar-refractivity contribution in [1.29, 1.82) is 0 Å². The molecule has 0 bridgehead atoms. The summed E-state index contributed by atoms with van der Waals surface area (Å²) >= 11 is 21.7. The Morgan fingerprint density at radius 2 is 0.695 bits per heavy atom. The summed E-state index contributed by atoms with van der Waals surface area (Å²) in [4.78, 5) is 77.7. The lowest BCUT2D eigenvalue weighted by molar-refractivity contribution is -0.222. The number of amides is 2. The molecule has 2 aliphatic carbocycles. The van der Waals surface area contributed by atoms with Gasteiger partial charge < -0.3 is 24.5 Å². The van der Waals surface area contributed by atoms with E-state index >= 15 is 9.59 Å².